The van der Waals surface area contributed by atoms with E-state index in [0.717, 1.165) is 22.3 Å². The average Bonchev–Trinajstić information content (AvgIpc) is 3.52. The van der Waals surface area contributed by atoms with Crippen molar-refractivity contribution in [2.75, 3.05) is 25.0 Å². The van der Waals surface area contributed by atoms with Crippen LogP contribution in [0.4, 0.5) is 10.6 Å². The molecule has 2 amide bonds. The molecule has 35 heavy (non-hydrogen) atoms. The average molecular weight is 476 g/mol. The fourth-order valence-electron chi connectivity index (χ4n) is 4.73. The summed E-state index contributed by atoms with van der Waals surface area (Å²) in [4.78, 5) is 37.8. The number of nitrogens with zero attached hydrogens (tertiary/aromatic N) is 3. The van der Waals surface area contributed by atoms with Gasteiger partial charge in [0.25, 0.3) is 5.91 Å². The fraction of sp³-hybridized carbons (Fsp3) is 0.280. The first-order valence-corrected chi connectivity index (χ1v) is 11.2. The molecule has 1 saturated heterocycles. The molecule has 0 bridgehead atoms. The highest BCUT2D eigenvalue weighted by atomic mass is 16.5. The zero-order chi connectivity index (χ0) is 24.7. The number of carboxylic acids is 1. The van der Waals surface area contributed by atoms with E-state index in [1.165, 1.54) is 15.6 Å². The Hall–Kier alpha value is -4.18. The SMILES string of the molecule is Cn1nc(C(=O)N2CCC(O)(C(=O)O)C2)cc1NC(=O)OCC1c2ccccc2-c2ccccc21. The Bertz CT molecular complexity index is 1290. The molecule has 2 aromatic carbocycles. The molecule has 180 valence electrons. The first-order chi connectivity index (χ1) is 16.8. The number of hydrogen-bond donors (Lipinski definition) is 3. The van der Waals surface area contributed by atoms with Gasteiger partial charge in [-0.1, -0.05) is 48.5 Å². The van der Waals surface area contributed by atoms with E-state index in [1.54, 1.807) is 7.05 Å². The van der Waals surface area contributed by atoms with Crippen molar-refractivity contribution in [2.24, 2.45) is 7.05 Å². The molecule has 2 heterocycles. The van der Waals surface area contributed by atoms with Gasteiger partial charge in [0, 0.05) is 32.0 Å². The van der Waals surface area contributed by atoms with Gasteiger partial charge in [0.2, 0.25) is 0 Å². The lowest BCUT2D eigenvalue weighted by molar-refractivity contribution is -0.156. The molecule has 3 N–H and O–H groups in total. The van der Waals surface area contributed by atoms with Gasteiger partial charge in [0.05, 0.1) is 6.54 Å². The van der Waals surface area contributed by atoms with Crippen LogP contribution < -0.4 is 5.32 Å². The van der Waals surface area contributed by atoms with E-state index in [2.05, 4.69) is 22.5 Å². The predicted octanol–water partition coefficient (Wildman–Crippen LogP) is 2.44. The van der Waals surface area contributed by atoms with Crippen molar-refractivity contribution in [1.29, 1.82) is 0 Å². The van der Waals surface area contributed by atoms with Gasteiger partial charge in [-0.25, -0.2) is 9.59 Å². The van der Waals surface area contributed by atoms with Crippen LogP contribution in [0.25, 0.3) is 11.1 Å². The molecule has 0 spiro atoms. The minimum absolute atomic E-state index is 0.0242. The Kier molecular flexibility index (Phi) is 5.52. The number of carbonyl (C=O) groups excluding carboxylic acids is 2. The lowest BCUT2D eigenvalue weighted by atomic mass is 9.98. The Balaban J connectivity index is 1.24. The summed E-state index contributed by atoms with van der Waals surface area (Å²) < 4.78 is 6.86. The number of carbonyl (C=O) groups is 3. The summed E-state index contributed by atoms with van der Waals surface area (Å²) in [5.41, 5.74) is 2.51. The highest BCUT2D eigenvalue weighted by Crippen LogP contribution is 2.44. The minimum atomic E-state index is -1.97. The molecule has 1 fully saturated rings. The second-order valence-corrected chi connectivity index (χ2v) is 8.80. The van der Waals surface area contributed by atoms with Gasteiger partial charge in [0.1, 0.15) is 12.4 Å². The van der Waals surface area contributed by atoms with E-state index >= 15 is 0 Å². The molecule has 10 heteroatoms. The number of β-amino-alcohol motifs (C(OH)–C–C–N with tert-alkyl or cyclic N) is 1. The van der Waals surface area contributed by atoms with Crippen molar-refractivity contribution in [3.05, 3.63) is 71.4 Å². The van der Waals surface area contributed by atoms with Crippen molar-refractivity contribution in [1.82, 2.24) is 14.7 Å². The molecular weight excluding hydrogens is 452 g/mol. The Morgan fingerprint density at radius 2 is 1.74 bits per heavy atom. The predicted molar refractivity (Wildman–Crippen MR) is 125 cm³/mol. The lowest BCUT2D eigenvalue weighted by Gasteiger charge is -2.18. The molecule has 3 aromatic rings. The Labute approximate surface area is 200 Å². The number of likely N-dealkylation sites (tertiary alicyclic amines) is 1. The number of benzene rings is 2. The molecule has 1 aliphatic carbocycles. The van der Waals surface area contributed by atoms with Crippen LogP contribution in [0.5, 0.6) is 0 Å². The standard InChI is InChI=1S/C25H24N4O6/c1-28-21(12-20(27-28)22(30)29-11-10-25(34,14-29)23(31)32)26-24(33)35-13-19-17-8-4-2-6-15(17)16-7-3-5-9-18(16)19/h2-9,12,19,34H,10-11,13-14H2,1H3,(H,26,33)(H,31,32). The first kappa shape index (κ1) is 22.6. The number of fused-ring (bicyclic) bond motifs is 3. The molecular formula is C25H24N4O6. The van der Waals surface area contributed by atoms with Gasteiger partial charge >= 0.3 is 12.1 Å². The maximum atomic E-state index is 12.7. The van der Waals surface area contributed by atoms with E-state index in [0.29, 0.717) is 0 Å². The van der Waals surface area contributed by atoms with Gasteiger partial charge < -0.3 is 19.8 Å². The van der Waals surface area contributed by atoms with Crippen molar-refractivity contribution < 1.29 is 29.3 Å². The number of carboxylic acid groups (broad SMARTS) is 1. The highest BCUT2D eigenvalue weighted by Gasteiger charge is 2.45. The van der Waals surface area contributed by atoms with Crippen molar-refractivity contribution >= 4 is 23.8 Å². The maximum Gasteiger partial charge on any atom is 0.412 e. The minimum Gasteiger partial charge on any atom is -0.479 e. The van der Waals surface area contributed by atoms with E-state index in [-0.39, 0.29) is 43.5 Å². The van der Waals surface area contributed by atoms with Crippen molar-refractivity contribution in [2.45, 2.75) is 17.9 Å². The van der Waals surface area contributed by atoms with E-state index < -0.39 is 23.6 Å². The summed E-state index contributed by atoms with van der Waals surface area (Å²) in [6.07, 6.45) is -0.749. The molecule has 1 aromatic heterocycles. The van der Waals surface area contributed by atoms with Crippen LogP contribution in [0.15, 0.2) is 54.6 Å². The second kappa shape index (κ2) is 8.55. The summed E-state index contributed by atoms with van der Waals surface area (Å²) in [5.74, 6) is -1.73. The summed E-state index contributed by atoms with van der Waals surface area (Å²) in [7, 11) is 1.56. The quantitative estimate of drug-likeness (QED) is 0.515. The highest BCUT2D eigenvalue weighted by molar-refractivity contribution is 5.95. The van der Waals surface area contributed by atoms with Crippen LogP contribution in [-0.2, 0) is 16.6 Å². The molecule has 1 atom stereocenters. The van der Waals surface area contributed by atoms with E-state index in [4.69, 9.17) is 9.84 Å². The van der Waals surface area contributed by atoms with Crippen LogP contribution >= 0.6 is 0 Å². The monoisotopic (exact) mass is 476 g/mol. The van der Waals surface area contributed by atoms with Gasteiger partial charge in [-0.05, 0) is 22.3 Å². The topological polar surface area (TPSA) is 134 Å². The molecule has 10 nitrogen and oxygen atoms in total. The third-order valence-electron chi connectivity index (χ3n) is 6.61. The summed E-state index contributed by atoms with van der Waals surface area (Å²) >= 11 is 0. The van der Waals surface area contributed by atoms with E-state index in [1.807, 2.05) is 36.4 Å². The molecule has 2 aliphatic rings. The molecule has 0 radical (unpaired) electrons. The number of aliphatic hydroxyl groups is 1. The van der Waals surface area contributed by atoms with Crippen LogP contribution in [0.2, 0.25) is 0 Å². The number of ether oxygens (including phenoxy) is 1. The fourth-order valence-corrected chi connectivity index (χ4v) is 4.73. The summed E-state index contributed by atoms with van der Waals surface area (Å²) in [5, 5.41) is 26.0. The zero-order valence-electron chi connectivity index (χ0n) is 19.0. The van der Waals surface area contributed by atoms with Crippen molar-refractivity contribution in [3.8, 4) is 11.1 Å². The van der Waals surface area contributed by atoms with Crippen LogP contribution in [0, 0.1) is 0 Å². The third kappa shape index (κ3) is 4.01. The van der Waals surface area contributed by atoms with Crippen molar-refractivity contribution in [3.63, 3.8) is 0 Å². The Morgan fingerprint density at radius 3 is 2.34 bits per heavy atom. The normalized spacial score (nSPS) is 18.7. The number of nitrogens with one attached hydrogen (secondary N) is 1. The van der Waals surface area contributed by atoms with Crippen LogP contribution in [0.1, 0.15) is 34.0 Å². The van der Waals surface area contributed by atoms with Crippen LogP contribution in [-0.4, -0.2) is 68.2 Å². The number of rotatable bonds is 5. The van der Waals surface area contributed by atoms with Crippen LogP contribution in [0.3, 0.4) is 0 Å². The molecule has 0 saturated carbocycles. The van der Waals surface area contributed by atoms with Gasteiger partial charge in [-0.2, -0.15) is 5.10 Å². The number of aryl methyl sites for hydroxylation is 1. The van der Waals surface area contributed by atoms with Gasteiger partial charge in [0.15, 0.2) is 11.3 Å². The molecule has 1 aliphatic heterocycles. The summed E-state index contributed by atoms with van der Waals surface area (Å²) in [6.45, 7) is -0.0920. The first-order valence-electron chi connectivity index (χ1n) is 11.2. The lowest BCUT2D eigenvalue weighted by Crippen LogP contribution is -2.42. The number of aromatic nitrogens is 2. The maximum absolute atomic E-state index is 12.7. The smallest absolute Gasteiger partial charge is 0.412 e. The Morgan fingerprint density at radius 1 is 1.11 bits per heavy atom. The largest absolute Gasteiger partial charge is 0.479 e. The van der Waals surface area contributed by atoms with Gasteiger partial charge in [-0.15, -0.1) is 0 Å². The number of anilines is 1. The molecule has 1 unspecified atom stereocenters. The zero-order valence-corrected chi connectivity index (χ0v) is 19.0. The number of amides is 2. The molecule has 5 rings (SSSR count). The number of hydrogen-bond acceptors (Lipinski definition) is 6. The van der Waals surface area contributed by atoms with Gasteiger partial charge in [-0.3, -0.25) is 14.8 Å². The second-order valence-electron chi connectivity index (χ2n) is 8.80. The van der Waals surface area contributed by atoms with E-state index in [9.17, 15) is 19.5 Å². The third-order valence-corrected chi connectivity index (χ3v) is 6.61. The number of aliphatic carboxylic acids is 1. The summed E-state index contributed by atoms with van der Waals surface area (Å²) in [6, 6.07) is 17.5.